The van der Waals surface area contributed by atoms with Gasteiger partial charge in [-0.1, -0.05) is 30.3 Å². The Balaban J connectivity index is 1.76. The standard InChI is InChI=1S/C18H20N2O/c1-20(18(21)12-14-6-5-11-19-13-14)17-10-4-8-15-7-2-3-9-16(15)17/h2-3,5-7,9,11,13,17H,4,8,10,12H2,1H3/t17-/m1/s1. The molecule has 0 N–H and O–H groups in total. The number of carbonyl (C=O) groups excluding carboxylic acids is 1. The van der Waals surface area contributed by atoms with E-state index < -0.39 is 0 Å². The summed E-state index contributed by atoms with van der Waals surface area (Å²) < 4.78 is 0. The van der Waals surface area contributed by atoms with E-state index in [1.165, 1.54) is 11.1 Å². The second-order valence-electron chi connectivity index (χ2n) is 5.65. The first-order chi connectivity index (χ1) is 10.3. The minimum Gasteiger partial charge on any atom is -0.338 e. The summed E-state index contributed by atoms with van der Waals surface area (Å²) in [7, 11) is 1.92. The van der Waals surface area contributed by atoms with Crippen LogP contribution in [0.2, 0.25) is 0 Å². The summed E-state index contributed by atoms with van der Waals surface area (Å²) in [6.07, 6.45) is 7.23. The Morgan fingerprint density at radius 3 is 2.95 bits per heavy atom. The van der Waals surface area contributed by atoms with Crippen molar-refractivity contribution in [1.29, 1.82) is 0 Å². The summed E-state index contributed by atoms with van der Waals surface area (Å²) >= 11 is 0. The topological polar surface area (TPSA) is 33.2 Å². The van der Waals surface area contributed by atoms with Gasteiger partial charge in [0.2, 0.25) is 5.91 Å². The molecule has 0 bridgehead atoms. The monoisotopic (exact) mass is 280 g/mol. The maximum atomic E-state index is 12.5. The second kappa shape index (κ2) is 6.08. The van der Waals surface area contributed by atoms with Crippen molar-refractivity contribution >= 4 is 5.91 Å². The van der Waals surface area contributed by atoms with Crippen molar-refractivity contribution < 1.29 is 4.79 Å². The molecule has 1 aliphatic carbocycles. The number of aryl methyl sites for hydroxylation is 1. The first kappa shape index (κ1) is 13.8. The Morgan fingerprint density at radius 2 is 2.14 bits per heavy atom. The summed E-state index contributed by atoms with van der Waals surface area (Å²) in [5, 5.41) is 0. The molecule has 1 aromatic heterocycles. The fourth-order valence-corrected chi connectivity index (χ4v) is 3.11. The van der Waals surface area contributed by atoms with Crippen LogP contribution in [0, 0.1) is 0 Å². The third-order valence-electron chi connectivity index (χ3n) is 4.28. The van der Waals surface area contributed by atoms with E-state index in [4.69, 9.17) is 0 Å². The van der Waals surface area contributed by atoms with E-state index in [0.29, 0.717) is 6.42 Å². The molecule has 2 aromatic rings. The summed E-state index contributed by atoms with van der Waals surface area (Å²) in [5.74, 6) is 0.157. The van der Waals surface area contributed by atoms with E-state index in [0.717, 1.165) is 24.8 Å². The molecule has 3 heteroatoms. The second-order valence-corrected chi connectivity index (χ2v) is 5.65. The smallest absolute Gasteiger partial charge is 0.227 e. The molecule has 1 atom stereocenters. The van der Waals surface area contributed by atoms with Gasteiger partial charge in [-0.15, -0.1) is 0 Å². The fourth-order valence-electron chi connectivity index (χ4n) is 3.11. The zero-order valence-electron chi connectivity index (χ0n) is 12.3. The summed E-state index contributed by atoms with van der Waals surface area (Å²) in [6.45, 7) is 0. The third-order valence-corrected chi connectivity index (χ3v) is 4.28. The van der Waals surface area contributed by atoms with Gasteiger partial charge in [-0.2, -0.15) is 0 Å². The van der Waals surface area contributed by atoms with Crippen LogP contribution in [0.1, 0.15) is 35.6 Å². The lowest BCUT2D eigenvalue weighted by Crippen LogP contribution is -2.34. The summed E-state index contributed by atoms with van der Waals surface area (Å²) in [6, 6.07) is 12.5. The maximum Gasteiger partial charge on any atom is 0.227 e. The van der Waals surface area contributed by atoms with E-state index in [-0.39, 0.29) is 11.9 Å². The number of fused-ring (bicyclic) bond motifs is 1. The summed E-state index contributed by atoms with van der Waals surface area (Å²) in [4.78, 5) is 18.5. The number of hydrogen-bond acceptors (Lipinski definition) is 2. The van der Waals surface area contributed by atoms with Gasteiger partial charge in [0, 0.05) is 19.4 Å². The van der Waals surface area contributed by atoms with Crippen LogP contribution in [0.4, 0.5) is 0 Å². The molecule has 0 aliphatic heterocycles. The van der Waals surface area contributed by atoms with Crippen LogP contribution in [0.5, 0.6) is 0 Å². The molecule has 0 saturated heterocycles. The molecule has 1 aliphatic rings. The van der Waals surface area contributed by atoms with Gasteiger partial charge in [0.05, 0.1) is 12.5 Å². The zero-order chi connectivity index (χ0) is 14.7. The molecule has 1 amide bonds. The molecule has 0 saturated carbocycles. The first-order valence-corrected chi connectivity index (χ1v) is 7.48. The Kier molecular flexibility index (Phi) is 4.00. The normalized spacial score (nSPS) is 17.1. The number of amides is 1. The molecule has 21 heavy (non-hydrogen) atoms. The Labute approximate surface area is 125 Å². The predicted octanol–water partition coefficient (Wildman–Crippen LogP) is 3.16. The molecule has 3 rings (SSSR count). The SMILES string of the molecule is CN(C(=O)Cc1cccnc1)[C@@H]1CCCc2ccccc21. The molecule has 108 valence electrons. The minimum atomic E-state index is 0.157. The van der Waals surface area contributed by atoms with E-state index in [1.807, 2.05) is 24.1 Å². The molecule has 0 spiro atoms. The predicted molar refractivity (Wildman–Crippen MR) is 82.8 cm³/mol. The van der Waals surface area contributed by atoms with Crippen LogP contribution in [0.25, 0.3) is 0 Å². The van der Waals surface area contributed by atoms with E-state index in [1.54, 1.807) is 12.4 Å². The molecule has 0 radical (unpaired) electrons. The van der Waals surface area contributed by atoms with Crippen molar-refractivity contribution in [1.82, 2.24) is 9.88 Å². The number of likely N-dealkylation sites (N-methyl/N-ethyl adjacent to an activating group) is 1. The number of nitrogens with zero attached hydrogens (tertiary/aromatic N) is 2. The lowest BCUT2D eigenvalue weighted by molar-refractivity contribution is -0.131. The van der Waals surface area contributed by atoms with E-state index in [9.17, 15) is 4.79 Å². The third kappa shape index (κ3) is 2.97. The first-order valence-electron chi connectivity index (χ1n) is 7.48. The highest BCUT2D eigenvalue weighted by Gasteiger charge is 2.26. The largest absolute Gasteiger partial charge is 0.338 e. The van der Waals surface area contributed by atoms with Gasteiger partial charge in [-0.05, 0) is 42.0 Å². The van der Waals surface area contributed by atoms with Crippen LogP contribution in [-0.2, 0) is 17.6 Å². The highest BCUT2D eigenvalue weighted by molar-refractivity contribution is 5.79. The number of rotatable bonds is 3. The molecule has 1 aromatic carbocycles. The van der Waals surface area contributed by atoms with Gasteiger partial charge < -0.3 is 4.90 Å². The van der Waals surface area contributed by atoms with Crippen LogP contribution in [0.15, 0.2) is 48.8 Å². The van der Waals surface area contributed by atoms with Crippen molar-refractivity contribution in [3.63, 3.8) is 0 Å². The molecular formula is C18H20N2O. The van der Waals surface area contributed by atoms with Gasteiger partial charge in [0.15, 0.2) is 0 Å². The van der Waals surface area contributed by atoms with Gasteiger partial charge in [0.25, 0.3) is 0 Å². The number of hydrogen-bond donors (Lipinski definition) is 0. The maximum absolute atomic E-state index is 12.5. The molecule has 0 fully saturated rings. The van der Waals surface area contributed by atoms with Crippen LogP contribution in [0.3, 0.4) is 0 Å². The lowest BCUT2D eigenvalue weighted by Gasteiger charge is -2.33. The van der Waals surface area contributed by atoms with E-state index in [2.05, 4.69) is 29.2 Å². The average molecular weight is 280 g/mol. The fraction of sp³-hybridized carbons (Fsp3) is 0.333. The van der Waals surface area contributed by atoms with Crippen molar-refractivity contribution in [2.75, 3.05) is 7.05 Å². The Hall–Kier alpha value is -2.16. The van der Waals surface area contributed by atoms with Crippen molar-refractivity contribution in [3.05, 3.63) is 65.5 Å². The molecule has 3 nitrogen and oxygen atoms in total. The number of pyridine rings is 1. The highest BCUT2D eigenvalue weighted by Crippen LogP contribution is 2.33. The molecule has 1 heterocycles. The number of benzene rings is 1. The highest BCUT2D eigenvalue weighted by atomic mass is 16.2. The van der Waals surface area contributed by atoms with Gasteiger partial charge >= 0.3 is 0 Å². The minimum absolute atomic E-state index is 0.157. The Bertz CT molecular complexity index is 624. The van der Waals surface area contributed by atoms with Crippen LogP contribution in [-0.4, -0.2) is 22.8 Å². The van der Waals surface area contributed by atoms with Gasteiger partial charge in [0.1, 0.15) is 0 Å². The quantitative estimate of drug-likeness (QED) is 0.865. The van der Waals surface area contributed by atoms with Gasteiger partial charge in [-0.25, -0.2) is 0 Å². The lowest BCUT2D eigenvalue weighted by atomic mass is 9.87. The van der Waals surface area contributed by atoms with Gasteiger partial charge in [-0.3, -0.25) is 9.78 Å². The van der Waals surface area contributed by atoms with Crippen molar-refractivity contribution in [2.45, 2.75) is 31.7 Å². The Morgan fingerprint density at radius 1 is 1.29 bits per heavy atom. The zero-order valence-corrected chi connectivity index (χ0v) is 12.3. The van der Waals surface area contributed by atoms with Crippen molar-refractivity contribution in [2.24, 2.45) is 0 Å². The summed E-state index contributed by atoms with van der Waals surface area (Å²) in [5.41, 5.74) is 3.67. The van der Waals surface area contributed by atoms with Crippen LogP contribution >= 0.6 is 0 Å². The van der Waals surface area contributed by atoms with E-state index >= 15 is 0 Å². The number of carbonyl (C=O) groups is 1. The molecular weight excluding hydrogens is 260 g/mol. The number of aromatic nitrogens is 1. The average Bonchev–Trinajstić information content (AvgIpc) is 2.54. The molecule has 0 unspecified atom stereocenters. The van der Waals surface area contributed by atoms with Crippen molar-refractivity contribution in [3.8, 4) is 0 Å². The van der Waals surface area contributed by atoms with Crippen LogP contribution < -0.4 is 0 Å².